The van der Waals surface area contributed by atoms with E-state index in [4.69, 9.17) is 39.2 Å². The van der Waals surface area contributed by atoms with Gasteiger partial charge in [0.1, 0.15) is 11.5 Å². The lowest BCUT2D eigenvalue weighted by Gasteiger charge is -2.06. The van der Waals surface area contributed by atoms with Crippen LogP contribution in [0.25, 0.3) is 11.3 Å². The van der Waals surface area contributed by atoms with Gasteiger partial charge in [-0.15, -0.1) is 0 Å². The minimum atomic E-state index is -0.450. The van der Waals surface area contributed by atoms with E-state index in [2.05, 4.69) is 33.1 Å². The van der Waals surface area contributed by atoms with Gasteiger partial charge < -0.3 is 4.42 Å². The Morgan fingerprint density at radius 1 is 1.11 bits per heavy atom. The molecule has 138 valence electrons. The number of hydrogen-bond donors (Lipinski definition) is 1. The monoisotopic (exact) mass is 535 g/mol. The summed E-state index contributed by atoms with van der Waals surface area (Å²) in [5.41, 5.74) is 3.77. The maximum Gasteiger partial charge on any atom is 0.270 e. The number of benzene rings is 2. The Morgan fingerprint density at radius 3 is 2.48 bits per heavy atom. The zero-order valence-electron chi connectivity index (χ0n) is 13.2. The van der Waals surface area contributed by atoms with E-state index >= 15 is 0 Å². The summed E-state index contributed by atoms with van der Waals surface area (Å²) in [7, 11) is 0. The minimum absolute atomic E-state index is 0.00859. The van der Waals surface area contributed by atoms with Crippen LogP contribution in [0.5, 0.6) is 0 Å². The third-order valence-corrected chi connectivity index (χ3v) is 5.18. The summed E-state index contributed by atoms with van der Waals surface area (Å²) in [6.45, 7) is 0. The number of anilines is 1. The first-order chi connectivity index (χ1) is 12.8. The van der Waals surface area contributed by atoms with Crippen molar-refractivity contribution in [3.63, 3.8) is 0 Å². The van der Waals surface area contributed by atoms with Gasteiger partial charge in [-0.3, -0.25) is 15.5 Å². The van der Waals surface area contributed by atoms with Crippen LogP contribution in [-0.2, 0) is 0 Å². The highest BCUT2D eigenvalue weighted by Gasteiger charge is 2.14. The number of non-ortho nitro benzene ring substituents is 1. The second kappa shape index (κ2) is 8.47. The number of nitro groups is 1. The molecule has 0 fully saturated rings. The summed E-state index contributed by atoms with van der Waals surface area (Å²) in [5.74, 6) is 0.938. The highest BCUT2D eigenvalue weighted by atomic mass is 127. The van der Waals surface area contributed by atoms with Gasteiger partial charge in [-0.1, -0.05) is 34.8 Å². The zero-order valence-corrected chi connectivity index (χ0v) is 17.7. The number of rotatable bonds is 5. The van der Waals surface area contributed by atoms with Crippen LogP contribution in [0.1, 0.15) is 5.76 Å². The van der Waals surface area contributed by atoms with Gasteiger partial charge in [-0.2, -0.15) is 5.10 Å². The second-order valence-corrected chi connectivity index (χ2v) is 7.65. The van der Waals surface area contributed by atoms with E-state index in [1.54, 1.807) is 30.3 Å². The number of hydrogen-bond acceptors (Lipinski definition) is 5. The fourth-order valence-corrected chi connectivity index (χ4v) is 3.69. The van der Waals surface area contributed by atoms with Gasteiger partial charge in [0, 0.05) is 26.3 Å². The van der Waals surface area contributed by atoms with Crippen molar-refractivity contribution in [1.29, 1.82) is 0 Å². The highest BCUT2D eigenvalue weighted by Crippen LogP contribution is 2.34. The van der Waals surface area contributed by atoms with Crippen molar-refractivity contribution in [2.45, 2.75) is 0 Å². The average Bonchev–Trinajstić information content (AvgIpc) is 3.06. The topological polar surface area (TPSA) is 80.7 Å². The van der Waals surface area contributed by atoms with Crippen LogP contribution in [-0.4, -0.2) is 11.1 Å². The standard InChI is InChI=1S/C17H9Cl3IN3O3/c18-9-5-13(19)17(14(20)6-9)23-22-8-11-2-4-16(27-11)12-7-10(24(25)26)1-3-15(12)21/h1-8,23H/b22-8+. The molecule has 0 aliphatic rings. The van der Waals surface area contributed by atoms with Crippen LogP contribution in [0.4, 0.5) is 11.4 Å². The van der Waals surface area contributed by atoms with Gasteiger partial charge in [-0.05, 0) is 52.9 Å². The average molecular weight is 537 g/mol. The molecule has 0 atom stereocenters. The first kappa shape index (κ1) is 19.9. The van der Waals surface area contributed by atoms with Crippen molar-refractivity contribution in [2.24, 2.45) is 5.10 Å². The number of nitrogens with zero attached hydrogens (tertiary/aromatic N) is 2. The van der Waals surface area contributed by atoms with Crippen LogP contribution in [0, 0.1) is 13.7 Å². The van der Waals surface area contributed by atoms with Gasteiger partial charge in [0.15, 0.2) is 0 Å². The molecule has 1 aromatic heterocycles. The van der Waals surface area contributed by atoms with Gasteiger partial charge in [0.25, 0.3) is 5.69 Å². The summed E-state index contributed by atoms with van der Waals surface area (Å²) in [4.78, 5) is 10.5. The zero-order chi connectivity index (χ0) is 19.6. The van der Waals surface area contributed by atoms with Crippen LogP contribution < -0.4 is 5.43 Å². The lowest BCUT2D eigenvalue weighted by atomic mass is 10.1. The van der Waals surface area contributed by atoms with Crippen LogP contribution in [0.3, 0.4) is 0 Å². The van der Waals surface area contributed by atoms with E-state index in [0.717, 1.165) is 3.57 Å². The van der Waals surface area contributed by atoms with Gasteiger partial charge in [0.05, 0.1) is 26.9 Å². The molecule has 0 spiro atoms. The quantitative estimate of drug-likeness (QED) is 0.167. The van der Waals surface area contributed by atoms with E-state index < -0.39 is 4.92 Å². The molecule has 0 bridgehead atoms. The van der Waals surface area contributed by atoms with Crippen molar-refractivity contribution in [1.82, 2.24) is 0 Å². The first-order valence-electron chi connectivity index (χ1n) is 7.33. The second-order valence-electron chi connectivity index (χ2n) is 5.24. The largest absolute Gasteiger partial charge is 0.455 e. The van der Waals surface area contributed by atoms with E-state index in [1.807, 2.05) is 0 Å². The van der Waals surface area contributed by atoms with Gasteiger partial charge in [-0.25, -0.2) is 0 Å². The third-order valence-electron chi connectivity index (χ3n) is 3.43. The first-order valence-corrected chi connectivity index (χ1v) is 9.54. The molecule has 0 saturated carbocycles. The maximum absolute atomic E-state index is 11.0. The number of nitrogens with one attached hydrogen (secondary N) is 1. The lowest BCUT2D eigenvalue weighted by molar-refractivity contribution is -0.384. The molecule has 1 N–H and O–H groups in total. The van der Waals surface area contributed by atoms with Crippen LogP contribution >= 0.6 is 57.4 Å². The number of hydrazone groups is 1. The van der Waals surface area contributed by atoms with Gasteiger partial charge >= 0.3 is 0 Å². The molecule has 27 heavy (non-hydrogen) atoms. The fraction of sp³-hybridized carbons (Fsp3) is 0. The van der Waals surface area contributed by atoms with E-state index in [1.165, 1.54) is 18.3 Å². The summed E-state index contributed by atoms with van der Waals surface area (Å²) >= 11 is 20.1. The SMILES string of the molecule is O=[N+]([O-])c1ccc(I)c(-c2ccc(/C=N/Nc3c(Cl)cc(Cl)cc3Cl)o2)c1. The lowest BCUT2D eigenvalue weighted by Crippen LogP contribution is -1.92. The molecular weight excluding hydrogens is 527 g/mol. The Kier molecular flexibility index (Phi) is 6.25. The molecule has 3 rings (SSSR count). The van der Waals surface area contributed by atoms with Crippen molar-refractivity contribution in [2.75, 3.05) is 5.43 Å². The Hall–Kier alpha value is -1.81. The molecule has 0 saturated heterocycles. The summed E-state index contributed by atoms with van der Waals surface area (Å²) < 4.78 is 6.53. The van der Waals surface area contributed by atoms with Gasteiger partial charge in [0.2, 0.25) is 0 Å². The molecule has 10 heteroatoms. The molecule has 1 heterocycles. The summed E-state index contributed by atoms with van der Waals surface area (Å²) in [6, 6.07) is 11.1. The van der Waals surface area contributed by atoms with Crippen molar-refractivity contribution >= 4 is 75.0 Å². The molecule has 0 aliphatic heterocycles. The highest BCUT2D eigenvalue weighted by molar-refractivity contribution is 14.1. The predicted octanol–water partition coefficient (Wildman–Crippen LogP) is 6.87. The summed E-state index contributed by atoms with van der Waals surface area (Å²) in [6.07, 6.45) is 1.44. The maximum atomic E-state index is 11.0. The van der Waals surface area contributed by atoms with Crippen molar-refractivity contribution in [3.05, 3.63) is 77.0 Å². The minimum Gasteiger partial charge on any atom is -0.455 e. The van der Waals surface area contributed by atoms with Crippen molar-refractivity contribution < 1.29 is 9.34 Å². The third kappa shape index (κ3) is 4.73. The molecule has 6 nitrogen and oxygen atoms in total. The molecule has 0 unspecified atom stereocenters. The van der Waals surface area contributed by atoms with Crippen molar-refractivity contribution in [3.8, 4) is 11.3 Å². The smallest absolute Gasteiger partial charge is 0.270 e. The van der Waals surface area contributed by atoms with Crippen LogP contribution in [0.15, 0.2) is 52.0 Å². The van der Waals surface area contributed by atoms with E-state index in [0.29, 0.717) is 37.8 Å². The molecule has 0 radical (unpaired) electrons. The molecule has 3 aromatic rings. The Morgan fingerprint density at radius 2 is 1.81 bits per heavy atom. The molecule has 0 aliphatic carbocycles. The number of nitro benzene ring substituents is 1. The summed E-state index contributed by atoms with van der Waals surface area (Å²) in [5, 5.41) is 16.1. The molecule has 2 aromatic carbocycles. The Bertz CT molecular complexity index is 1030. The number of halogens is 4. The fourth-order valence-electron chi connectivity index (χ4n) is 2.19. The van der Waals surface area contributed by atoms with Crippen LogP contribution in [0.2, 0.25) is 15.1 Å². The Labute approximate surface area is 182 Å². The van der Waals surface area contributed by atoms with E-state index in [-0.39, 0.29) is 5.69 Å². The van der Waals surface area contributed by atoms with E-state index in [9.17, 15) is 10.1 Å². The number of furan rings is 1. The predicted molar refractivity (Wildman–Crippen MR) is 116 cm³/mol. The normalized spacial score (nSPS) is 11.1. The Balaban J connectivity index is 1.80. The molecular formula is C17H9Cl3IN3O3. The molecule has 0 amide bonds.